The first-order valence-corrected chi connectivity index (χ1v) is 3.85. The van der Waals surface area contributed by atoms with Crippen LogP contribution >= 0.6 is 0 Å². The predicted molar refractivity (Wildman–Crippen MR) is 51.3 cm³/mol. The zero-order valence-electron chi connectivity index (χ0n) is 7.89. The topological polar surface area (TPSA) is 166 Å². The third-order valence-corrected chi connectivity index (χ3v) is 1.17. The molecule has 0 fully saturated rings. The number of aromatic nitrogens is 2. The second-order valence-electron chi connectivity index (χ2n) is 2.40. The van der Waals surface area contributed by atoms with Crippen molar-refractivity contribution in [3.8, 4) is 0 Å². The molecule has 88 valence electrons. The summed E-state index contributed by atoms with van der Waals surface area (Å²) in [6.45, 7) is -0.278. The molecule has 6 N–H and O–H groups in total. The molecule has 1 rings (SSSR count). The van der Waals surface area contributed by atoms with Crippen molar-refractivity contribution < 1.29 is 19.8 Å². The molecule has 9 nitrogen and oxygen atoms in total. The van der Waals surface area contributed by atoms with Gasteiger partial charge in [0.1, 0.15) is 5.69 Å². The second-order valence-corrected chi connectivity index (χ2v) is 2.40. The second kappa shape index (κ2) is 6.14. The van der Waals surface area contributed by atoms with Crippen molar-refractivity contribution in [1.82, 2.24) is 9.97 Å². The van der Waals surface area contributed by atoms with Gasteiger partial charge < -0.3 is 20.9 Å². The van der Waals surface area contributed by atoms with Gasteiger partial charge in [0.2, 0.25) is 0 Å². The Morgan fingerprint density at radius 1 is 1.25 bits per heavy atom. The third kappa shape index (κ3) is 5.34. The fourth-order valence-electron chi connectivity index (χ4n) is 0.584. The molecule has 0 spiro atoms. The van der Waals surface area contributed by atoms with Crippen LogP contribution in [0.25, 0.3) is 0 Å². The molecular formula is C7H9N3O6. The van der Waals surface area contributed by atoms with Gasteiger partial charge in [0.05, 0.1) is 6.54 Å². The largest absolute Gasteiger partial charge is 0.480 e. The van der Waals surface area contributed by atoms with E-state index < -0.39 is 28.9 Å². The summed E-state index contributed by atoms with van der Waals surface area (Å²) in [7, 11) is 0. The van der Waals surface area contributed by atoms with Gasteiger partial charge in [-0.1, -0.05) is 0 Å². The minimum Gasteiger partial charge on any atom is -0.480 e. The van der Waals surface area contributed by atoms with E-state index in [0.717, 1.165) is 6.07 Å². The molecule has 0 bridgehead atoms. The Hall–Kier alpha value is -2.42. The number of aromatic amines is 2. The van der Waals surface area contributed by atoms with E-state index in [2.05, 4.69) is 5.73 Å². The van der Waals surface area contributed by atoms with Gasteiger partial charge >= 0.3 is 17.6 Å². The van der Waals surface area contributed by atoms with Crippen LogP contribution in [0.15, 0.2) is 15.7 Å². The van der Waals surface area contributed by atoms with E-state index in [1.54, 1.807) is 0 Å². The molecule has 1 heterocycles. The van der Waals surface area contributed by atoms with Crippen LogP contribution in [0.5, 0.6) is 0 Å². The first kappa shape index (κ1) is 13.6. The predicted octanol–water partition coefficient (Wildman–Crippen LogP) is -2.21. The van der Waals surface area contributed by atoms with E-state index in [1.165, 1.54) is 0 Å². The van der Waals surface area contributed by atoms with Gasteiger partial charge in [0, 0.05) is 6.07 Å². The van der Waals surface area contributed by atoms with E-state index >= 15 is 0 Å². The van der Waals surface area contributed by atoms with Crippen LogP contribution in [0.3, 0.4) is 0 Å². The maximum atomic E-state index is 10.5. The Balaban J connectivity index is 0.000000385. The molecule has 0 aromatic carbocycles. The Morgan fingerprint density at radius 3 is 2.06 bits per heavy atom. The number of aliphatic carboxylic acids is 1. The lowest BCUT2D eigenvalue weighted by Gasteiger charge is -1.89. The van der Waals surface area contributed by atoms with Crippen molar-refractivity contribution in [2.75, 3.05) is 6.54 Å². The van der Waals surface area contributed by atoms with Crippen LogP contribution < -0.4 is 17.0 Å². The zero-order valence-corrected chi connectivity index (χ0v) is 7.89. The van der Waals surface area contributed by atoms with E-state index in [9.17, 15) is 19.2 Å². The number of carbonyl (C=O) groups is 2. The number of hydrogen-bond donors (Lipinski definition) is 5. The lowest BCUT2D eigenvalue weighted by atomic mass is 10.4. The average molecular weight is 231 g/mol. The minimum atomic E-state index is -1.34. The molecule has 0 saturated carbocycles. The summed E-state index contributed by atoms with van der Waals surface area (Å²) in [5, 5.41) is 15.9. The molecule has 0 radical (unpaired) electrons. The number of nitrogens with one attached hydrogen (secondary N) is 2. The van der Waals surface area contributed by atoms with Crippen LogP contribution in [-0.4, -0.2) is 38.7 Å². The van der Waals surface area contributed by atoms with Gasteiger partial charge in [-0.25, -0.2) is 9.59 Å². The van der Waals surface area contributed by atoms with Gasteiger partial charge in [-0.05, 0) is 0 Å². The van der Waals surface area contributed by atoms with Crippen LogP contribution in [0, 0.1) is 0 Å². The Bertz CT molecular complexity index is 459. The van der Waals surface area contributed by atoms with Gasteiger partial charge in [0.25, 0.3) is 5.56 Å². The van der Waals surface area contributed by atoms with Crippen molar-refractivity contribution in [3.05, 3.63) is 32.6 Å². The lowest BCUT2D eigenvalue weighted by molar-refractivity contribution is -0.135. The smallest absolute Gasteiger partial charge is 0.352 e. The van der Waals surface area contributed by atoms with Gasteiger partial charge in [-0.3, -0.25) is 14.6 Å². The number of carboxylic acid groups (broad SMARTS) is 2. The standard InChI is InChI=1S/C5H4N2O4.C2H5NO2/c8-3-1-2(4(9)10)6-5(11)7-3;3-1-2(4)5/h1H,(H,9,10)(H2,6,7,8,11);1,3H2,(H,4,5). The summed E-state index contributed by atoms with van der Waals surface area (Å²) in [5.74, 6) is -2.31. The number of aromatic carboxylic acids is 1. The molecule has 0 amide bonds. The molecule has 0 aliphatic rings. The highest BCUT2D eigenvalue weighted by molar-refractivity contribution is 5.84. The van der Waals surface area contributed by atoms with E-state index in [-0.39, 0.29) is 6.54 Å². The van der Waals surface area contributed by atoms with Crippen molar-refractivity contribution in [2.45, 2.75) is 0 Å². The summed E-state index contributed by atoms with van der Waals surface area (Å²) >= 11 is 0. The van der Waals surface area contributed by atoms with Crippen LogP contribution in [0.1, 0.15) is 10.5 Å². The highest BCUT2D eigenvalue weighted by Crippen LogP contribution is 1.81. The number of hydrogen-bond acceptors (Lipinski definition) is 5. The highest BCUT2D eigenvalue weighted by Gasteiger charge is 2.03. The Morgan fingerprint density at radius 2 is 1.75 bits per heavy atom. The Labute approximate surface area is 87.5 Å². The highest BCUT2D eigenvalue weighted by atomic mass is 16.4. The maximum Gasteiger partial charge on any atom is 0.352 e. The van der Waals surface area contributed by atoms with Gasteiger partial charge in [-0.15, -0.1) is 0 Å². The summed E-state index contributed by atoms with van der Waals surface area (Å²) in [4.78, 5) is 44.1. The fourth-order valence-corrected chi connectivity index (χ4v) is 0.584. The maximum absolute atomic E-state index is 10.5. The summed E-state index contributed by atoms with van der Waals surface area (Å²) in [5.41, 5.74) is 2.60. The SMILES string of the molecule is NCC(=O)O.O=C(O)c1cc(=O)[nH]c(=O)[nH]1. The molecule has 0 aliphatic carbocycles. The normalized spacial score (nSPS) is 8.81. The quantitative estimate of drug-likeness (QED) is 0.384. The van der Waals surface area contributed by atoms with Crippen LogP contribution in [-0.2, 0) is 4.79 Å². The van der Waals surface area contributed by atoms with E-state index in [0.29, 0.717) is 0 Å². The molecule has 0 atom stereocenters. The summed E-state index contributed by atoms with van der Waals surface area (Å²) in [6.07, 6.45) is 0. The summed E-state index contributed by atoms with van der Waals surface area (Å²) in [6, 6.07) is 0.795. The van der Waals surface area contributed by atoms with Crippen LogP contribution in [0.4, 0.5) is 0 Å². The molecule has 16 heavy (non-hydrogen) atoms. The molecule has 9 heteroatoms. The number of nitrogens with two attached hydrogens (primary N) is 1. The van der Waals surface area contributed by atoms with Gasteiger partial charge in [-0.2, -0.15) is 0 Å². The van der Waals surface area contributed by atoms with E-state index in [4.69, 9.17) is 10.2 Å². The van der Waals surface area contributed by atoms with Crippen molar-refractivity contribution >= 4 is 11.9 Å². The molecular weight excluding hydrogens is 222 g/mol. The third-order valence-electron chi connectivity index (χ3n) is 1.17. The first-order valence-electron chi connectivity index (χ1n) is 3.85. The van der Waals surface area contributed by atoms with Crippen molar-refractivity contribution in [1.29, 1.82) is 0 Å². The van der Waals surface area contributed by atoms with Crippen molar-refractivity contribution in [3.63, 3.8) is 0 Å². The molecule has 0 unspecified atom stereocenters. The van der Waals surface area contributed by atoms with E-state index in [1.807, 2.05) is 9.97 Å². The summed E-state index contributed by atoms with van der Waals surface area (Å²) < 4.78 is 0. The fraction of sp³-hybridized carbons (Fsp3) is 0.143. The number of H-pyrrole nitrogens is 2. The molecule has 0 saturated heterocycles. The number of rotatable bonds is 2. The molecule has 1 aromatic heterocycles. The number of carboxylic acids is 2. The minimum absolute atomic E-state index is 0.278. The first-order chi connectivity index (χ1) is 7.36. The average Bonchev–Trinajstić information content (AvgIpc) is 2.17. The molecule has 1 aromatic rings. The van der Waals surface area contributed by atoms with Crippen LogP contribution in [0.2, 0.25) is 0 Å². The van der Waals surface area contributed by atoms with Crippen molar-refractivity contribution in [2.24, 2.45) is 5.73 Å². The Kier molecular flexibility index (Phi) is 5.21. The van der Waals surface area contributed by atoms with Gasteiger partial charge in [0.15, 0.2) is 0 Å². The monoisotopic (exact) mass is 231 g/mol. The zero-order chi connectivity index (χ0) is 12.7. The lowest BCUT2D eigenvalue weighted by Crippen LogP contribution is -2.24. The molecule has 0 aliphatic heterocycles.